The first-order chi connectivity index (χ1) is 11.8. The van der Waals surface area contributed by atoms with Crippen molar-refractivity contribution in [2.75, 3.05) is 6.54 Å². The molecule has 0 aliphatic heterocycles. The van der Waals surface area contributed by atoms with Crippen LogP contribution in [0.4, 0.5) is 0 Å². The smallest absolute Gasteiger partial charge is 0.220 e. The van der Waals surface area contributed by atoms with Crippen molar-refractivity contribution in [1.82, 2.24) is 5.32 Å². The molecule has 0 bridgehead atoms. The van der Waals surface area contributed by atoms with Crippen molar-refractivity contribution in [1.29, 1.82) is 0 Å². The van der Waals surface area contributed by atoms with Gasteiger partial charge in [0.05, 0.1) is 0 Å². The Morgan fingerprint density at radius 1 is 1.08 bits per heavy atom. The first-order valence-corrected chi connectivity index (χ1v) is 8.99. The largest absolute Gasteiger partial charge is 0.356 e. The number of nitrogens with one attached hydrogen (secondary N) is 1. The van der Waals surface area contributed by atoms with Crippen LogP contribution in [0, 0.1) is 5.41 Å². The number of benzene rings is 1. The van der Waals surface area contributed by atoms with Gasteiger partial charge < -0.3 is 5.32 Å². The average molecular weight is 341 g/mol. The maximum atomic E-state index is 12.6. The highest BCUT2D eigenvalue weighted by molar-refractivity contribution is 6.24. The molecular formula is C21H27NO3. The quantitative estimate of drug-likeness (QED) is 0.724. The van der Waals surface area contributed by atoms with E-state index in [2.05, 4.69) is 12.2 Å². The van der Waals surface area contributed by atoms with Crippen molar-refractivity contribution in [3.8, 4) is 0 Å². The molecule has 1 aliphatic rings. The van der Waals surface area contributed by atoms with E-state index in [0.29, 0.717) is 36.1 Å². The molecule has 0 saturated carbocycles. The van der Waals surface area contributed by atoms with Gasteiger partial charge in [-0.3, -0.25) is 14.4 Å². The molecule has 1 aliphatic carbocycles. The number of ketones is 2. The van der Waals surface area contributed by atoms with Crippen LogP contribution in [0.2, 0.25) is 0 Å². The number of allylic oxidation sites excluding steroid dienone is 2. The third kappa shape index (κ3) is 5.12. The first kappa shape index (κ1) is 19.1. The minimum absolute atomic E-state index is 0.0481. The summed E-state index contributed by atoms with van der Waals surface area (Å²) in [5, 5.41) is 2.95. The molecule has 1 N–H and O–H groups in total. The van der Waals surface area contributed by atoms with Crippen LogP contribution in [0.1, 0.15) is 73.6 Å². The highest BCUT2D eigenvalue weighted by Gasteiger charge is 2.29. The summed E-state index contributed by atoms with van der Waals surface area (Å²) < 4.78 is 0. The Morgan fingerprint density at radius 3 is 2.44 bits per heavy atom. The number of amides is 1. The van der Waals surface area contributed by atoms with Crippen LogP contribution in [-0.2, 0) is 4.79 Å². The van der Waals surface area contributed by atoms with Crippen molar-refractivity contribution in [2.45, 2.75) is 52.9 Å². The predicted molar refractivity (Wildman–Crippen MR) is 98.7 cm³/mol. The second-order valence-electron chi connectivity index (χ2n) is 7.48. The van der Waals surface area contributed by atoms with E-state index in [1.165, 1.54) is 6.08 Å². The Bertz CT molecular complexity index is 701. The third-order valence-electron chi connectivity index (χ3n) is 4.47. The van der Waals surface area contributed by atoms with Crippen LogP contribution in [-0.4, -0.2) is 24.0 Å². The topological polar surface area (TPSA) is 63.2 Å². The van der Waals surface area contributed by atoms with Crippen LogP contribution in [0.3, 0.4) is 0 Å². The molecular weight excluding hydrogens is 314 g/mol. The summed E-state index contributed by atoms with van der Waals surface area (Å²) in [6.07, 6.45) is 5.50. The second kappa shape index (κ2) is 8.24. The van der Waals surface area contributed by atoms with Crippen LogP contribution >= 0.6 is 0 Å². The highest BCUT2D eigenvalue weighted by Crippen LogP contribution is 2.30. The Labute approximate surface area is 149 Å². The molecule has 0 unspecified atom stereocenters. The van der Waals surface area contributed by atoms with Gasteiger partial charge in [0, 0.05) is 29.7 Å². The van der Waals surface area contributed by atoms with Crippen LogP contribution in [0.15, 0.2) is 35.9 Å². The van der Waals surface area contributed by atoms with Crippen LogP contribution in [0.25, 0.3) is 0 Å². The Kier molecular flexibility index (Phi) is 6.29. The SMILES string of the molecule is CCCCCC(=O)NCC(C)(C)CC1=CC(=O)c2ccccc2C1=O. The molecule has 0 spiro atoms. The number of carbonyl (C=O) groups excluding carboxylic acids is 3. The van der Waals surface area contributed by atoms with Crippen molar-refractivity contribution >= 4 is 17.5 Å². The van der Waals surface area contributed by atoms with Crippen molar-refractivity contribution < 1.29 is 14.4 Å². The van der Waals surface area contributed by atoms with E-state index in [1.54, 1.807) is 24.3 Å². The van der Waals surface area contributed by atoms with Gasteiger partial charge in [-0.25, -0.2) is 0 Å². The van der Waals surface area contributed by atoms with E-state index < -0.39 is 0 Å². The maximum Gasteiger partial charge on any atom is 0.220 e. The summed E-state index contributed by atoms with van der Waals surface area (Å²) in [4.78, 5) is 36.8. The van der Waals surface area contributed by atoms with Crippen molar-refractivity contribution in [3.63, 3.8) is 0 Å². The molecule has 0 heterocycles. The van der Waals surface area contributed by atoms with Gasteiger partial charge in [-0.2, -0.15) is 0 Å². The van der Waals surface area contributed by atoms with Gasteiger partial charge in [0.2, 0.25) is 5.91 Å². The van der Waals surface area contributed by atoms with E-state index in [-0.39, 0.29) is 22.9 Å². The van der Waals surface area contributed by atoms with E-state index in [4.69, 9.17) is 0 Å². The number of fused-ring (bicyclic) bond motifs is 1. The molecule has 0 atom stereocenters. The number of unbranched alkanes of at least 4 members (excludes halogenated alkanes) is 2. The Balaban J connectivity index is 1.97. The lowest BCUT2D eigenvalue weighted by Crippen LogP contribution is -2.35. The average Bonchev–Trinajstić information content (AvgIpc) is 2.58. The lowest BCUT2D eigenvalue weighted by atomic mass is 9.79. The summed E-state index contributed by atoms with van der Waals surface area (Å²) >= 11 is 0. The molecule has 25 heavy (non-hydrogen) atoms. The molecule has 134 valence electrons. The van der Waals surface area contributed by atoms with Gasteiger partial charge >= 0.3 is 0 Å². The minimum atomic E-state index is -0.297. The van der Waals surface area contributed by atoms with Gasteiger partial charge in [-0.05, 0) is 24.3 Å². The third-order valence-corrected chi connectivity index (χ3v) is 4.47. The van der Waals surface area contributed by atoms with E-state index >= 15 is 0 Å². The molecule has 1 aromatic rings. The lowest BCUT2D eigenvalue weighted by molar-refractivity contribution is -0.121. The molecule has 0 saturated heterocycles. The molecule has 4 nitrogen and oxygen atoms in total. The fourth-order valence-electron chi connectivity index (χ4n) is 3.04. The van der Waals surface area contributed by atoms with Gasteiger partial charge in [0.25, 0.3) is 0 Å². The zero-order valence-corrected chi connectivity index (χ0v) is 15.4. The molecule has 1 amide bonds. The summed E-state index contributed by atoms with van der Waals surface area (Å²) in [5.74, 6) is -0.158. The van der Waals surface area contributed by atoms with Gasteiger partial charge in [0.15, 0.2) is 11.6 Å². The summed E-state index contributed by atoms with van der Waals surface area (Å²) in [7, 11) is 0. The zero-order valence-electron chi connectivity index (χ0n) is 15.4. The molecule has 0 aromatic heterocycles. The summed E-state index contributed by atoms with van der Waals surface area (Å²) in [6.45, 7) is 6.59. The number of hydrogen-bond acceptors (Lipinski definition) is 3. The van der Waals surface area contributed by atoms with E-state index in [9.17, 15) is 14.4 Å². The predicted octanol–water partition coefficient (Wildman–Crippen LogP) is 4.10. The maximum absolute atomic E-state index is 12.6. The lowest BCUT2D eigenvalue weighted by Gasteiger charge is -2.27. The van der Waals surface area contributed by atoms with Gasteiger partial charge in [-0.15, -0.1) is 0 Å². The number of Topliss-reactive ketones (excluding diaryl/α,β-unsaturated/α-hetero) is 1. The molecule has 0 radical (unpaired) electrons. The zero-order chi connectivity index (χ0) is 18.4. The minimum Gasteiger partial charge on any atom is -0.356 e. The molecule has 1 aromatic carbocycles. The van der Waals surface area contributed by atoms with E-state index in [1.807, 2.05) is 13.8 Å². The fourth-order valence-corrected chi connectivity index (χ4v) is 3.04. The molecule has 0 fully saturated rings. The van der Waals surface area contributed by atoms with Gasteiger partial charge in [0.1, 0.15) is 0 Å². The Morgan fingerprint density at radius 2 is 1.76 bits per heavy atom. The highest BCUT2D eigenvalue weighted by atomic mass is 16.2. The standard InChI is InChI=1S/C21H27NO3/c1-4-5-6-11-19(24)22-14-21(2,3)13-15-12-18(23)16-9-7-8-10-17(16)20(15)25/h7-10,12H,4-6,11,13-14H2,1-3H3,(H,22,24). The fraction of sp³-hybridized carbons (Fsp3) is 0.476. The number of rotatable bonds is 8. The van der Waals surface area contributed by atoms with Crippen LogP contribution < -0.4 is 5.32 Å². The molecule has 2 rings (SSSR count). The summed E-state index contributed by atoms with van der Waals surface area (Å²) in [5.41, 5.74) is 1.17. The van der Waals surface area contributed by atoms with Crippen molar-refractivity contribution in [2.24, 2.45) is 5.41 Å². The van der Waals surface area contributed by atoms with Crippen LogP contribution in [0.5, 0.6) is 0 Å². The van der Waals surface area contributed by atoms with Crippen molar-refractivity contribution in [3.05, 3.63) is 47.0 Å². The summed E-state index contributed by atoms with van der Waals surface area (Å²) in [6, 6.07) is 6.92. The monoisotopic (exact) mass is 341 g/mol. The number of carbonyl (C=O) groups is 3. The molecule has 4 heteroatoms. The normalized spacial score (nSPS) is 14.1. The van der Waals surface area contributed by atoms with E-state index in [0.717, 1.165) is 19.3 Å². The number of hydrogen-bond donors (Lipinski definition) is 1. The van der Waals surface area contributed by atoms with Gasteiger partial charge in [-0.1, -0.05) is 57.9 Å². The second-order valence-corrected chi connectivity index (χ2v) is 7.48. The first-order valence-electron chi connectivity index (χ1n) is 8.99. The Hall–Kier alpha value is -2.23.